The van der Waals surface area contributed by atoms with Gasteiger partial charge >= 0.3 is 17.9 Å². The minimum atomic E-state index is -0.764. The summed E-state index contributed by atoms with van der Waals surface area (Å²) in [5.74, 6) is 1.70. The Bertz CT molecular complexity index is 1010. The van der Waals surface area contributed by atoms with Crippen LogP contribution in [0.2, 0.25) is 0 Å². The van der Waals surface area contributed by atoms with Crippen molar-refractivity contribution in [3.63, 3.8) is 0 Å². The SMILES string of the molecule is CCC(C)CCCCCCCCCCC(=O)OC[C@@H](COC(=O)CCCCCCCCCCCCCCCCC(C)C)OC(=O)CCCCCCCCCCCCCCCCCC(C)C. The Morgan fingerprint density at radius 3 is 0.800 bits per heavy atom. The van der Waals surface area contributed by atoms with Gasteiger partial charge in [-0.2, -0.15) is 0 Å². The molecule has 0 saturated carbocycles. The van der Waals surface area contributed by atoms with E-state index in [1.165, 1.54) is 205 Å². The van der Waals surface area contributed by atoms with Gasteiger partial charge in [-0.3, -0.25) is 14.4 Å². The van der Waals surface area contributed by atoms with Gasteiger partial charge < -0.3 is 14.2 Å². The molecule has 0 bridgehead atoms. The fourth-order valence-corrected chi connectivity index (χ4v) is 8.97. The maximum atomic E-state index is 12.9. The van der Waals surface area contributed by atoms with Gasteiger partial charge in [0.1, 0.15) is 13.2 Å². The third-order valence-corrected chi connectivity index (χ3v) is 13.8. The third-order valence-electron chi connectivity index (χ3n) is 13.8. The summed E-state index contributed by atoms with van der Waals surface area (Å²) in [6.45, 7) is 13.8. The lowest BCUT2D eigenvalue weighted by molar-refractivity contribution is -0.167. The number of esters is 3. The van der Waals surface area contributed by atoms with E-state index < -0.39 is 6.10 Å². The fraction of sp³-hybridized carbons (Fsp3) is 0.949. The van der Waals surface area contributed by atoms with E-state index in [0.29, 0.717) is 19.3 Å². The molecule has 65 heavy (non-hydrogen) atoms. The highest BCUT2D eigenvalue weighted by molar-refractivity contribution is 5.71. The predicted molar refractivity (Wildman–Crippen MR) is 279 cm³/mol. The zero-order valence-corrected chi connectivity index (χ0v) is 44.8. The van der Waals surface area contributed by atoms with Crippen LogP contribution in [0.25, 0.3) is 0 Å². The Morgan fingerprint density at radius 2 is 0.538 bits per heavy atom. The van der Waals surface area contributed by atoms with Gasteiger partial charge in [0.25, 0.3) is 0 Å². The van der Waals surface area contributed by atoms with E-state index in [1.54, 1.807) is 0 Å². The van der Waals surface area contributed by atoms with E-state index in [2.05, 4.69) is 41.5 Å². The molecule has 0 fully saturated rings. The summed E-state index contributed by atoms with van der Waals surface area (Å²) in [5, 5.41) is 0. The standard InChI is InChI=1S/C59H114O6/c1-7-55(6)47-41-35-29-25-26-31-37-43-49-58(61)64-52-56(51-63-57(60)48-42-36-30-23-19-15-12-11-14-18-22-28-34-40-46-54(4)5)65-59(62)50-44-38-32-24-20-16-10-8-9-13-17-21-27-33-39-45-53(2)3/h53-56H,7-52H2,1-6H3/t55?,56-/m1/s1. The number of carbonyl (C=O) groups excluding carboxylic acids is 3. The maximum Gasteiger partial charge on any atom is 0.306 e. The van der Waals surface area contributed by atoms with Gasteiger partial charge in [-0.1, -0.05) is 286 Å². The maximum absolute atomic E-state index is 12.9. The number of carbonyl (C=O) groups is 3. The van der Waals surface area contributed by atoms with Crippen LogP contribution in [0.15, 0.2) is 0 Å². The summed E-state index contributed by atoms with van der Waals surface area (Å²) in [7, 11) is 0. The van der Waals surface area contributed by atoms with E-state index in [-0.39, 0.29) is 31.1 Å². The van der Waals surface area contributed by atoms with Gasteiger partial charge in [0.05, 0.1) is 0 Å². The highest BCUT2D eigenvalue weighted by atomic mass is 16.6. The predicted octanol–water partition coefficient (Wildman–Crippen LogP) is 19.1. The Balaban J connectivity index is 4.29. The average molecular weight is 920 g/mol. The van der Waals surface area contributed by atoms with Crippen LogP contribution >= 0.6 is 0 Å². The topological polar surface area (TPSA) is 78.9 Å². The highest BCUT2D eigenvalue weighted by Crippen LogP contribution is 2.19. The van der Waals surface area contributed by atoms with Crippen molar-refractivity contribution in [3.8, 4) is 0 Å². The molecule has 0 aliphatic carbocycles. The van der Waals surface area contributed by atoms with Gasteiger partial charge in [-0.15, -0.1) is 0 Å². The first-order chi connectivity index (χ1) is 31.6. The second-order valence-electron chi connectivity index (χ2n) is 21.5. The van der Waals surface area contributed by atoms with Gasteiger partial charge in [-0.05, 0) is 37.0 Å². The molecule has 386 valence electrons. The van der Waals surface area contributed by atoms with Crippen LogP contribution in [0.4, 0.5) is 0 Å². The Morgan fingerprint density at radius 1 is 0.308 bits per heavy atom. The van der Waals surface area contributed by atoms with Crippen molar-refractivity contribution in [2.75, 3.05) is 13.2 Å². The smallest absolute Gasteiger partial charge is 0.306 e. The van der Waals surface area contributed by atoms with E-state index in [9.17, 15) is 14.4 Å². The molecule has 6 heteroatoms. The molecule has 0 saturated heterocycles. The molecular formula is C59H114O6. The molecule has 0 rings (SSSR count). The Hall–Kier alpha value is -1.59. The quantitative estimate of drug-likeness (QED) is 0.0344. The summed E-state index contributed by atoms with van der Waals surface area (Å²) in [6, 6.07) is 0. The van der Waals surface area contributed by atoms with Crippen molar-refractivity contribution >= 4 is 17.9 Å². The molecule has 0 spiro atoms. The number of hydrogen-bond acceptors (Lipinski definition) is 6. The van der Waals surface area contributed by atoms with E-state index in [4.69, 9.17) is 14.2 Å². The fourth-order valence-electron chi connectivity index (χ4n) is 8.97. The molecule has 0 aliphatic heterocycles. The van der Waals surface area contributed by atoms with Crippen molar-refractivity contribution in [2.45, 2.75) is 330 Å². The molecule has 0 N–H and O–H groups in total. The number of rotatable bonds is 52. The molecule has 1 unspecified atom stereocenters. The van der Waals surface area contributed by atoms with Gasteiger partial charge in [0.15, 0.2) is 6.10 Å². The zero-order valence-electron chi connectivity index (χ0n) is 44.8. The molecule has 0 aromatic rings. The second kappa shape index (κ2) is 50.3. The summed E-state index contributed by atoms with van der Waals surface area (Å²) in [5.41, 5.74) is 0. The molecule has 0 heterocycles. The molecular weight excluding hydrogens is 805 g/mol. The Kier molecular flexibility index (Phi) is 49.1. The molecule has 0 aromatic carbocycles. The van der Waals surface area contributed by atoms with Gasteiger partial charge in [0.2, 0.25) is 0 Å². The lowest BCUT2D eigenvalue weighted by atomic mass is 9.99. The number of ether oxygens (including phenoxy) is 3. The van der Waals surface area contributed by atoms with Crippen LogP contribution in [0.3, 0.4) is 0 Å². The second-order valence-corrected chi connectivity index (χ2v) is 21.5. The minimum Gasteiger partial charge on any atom is -0.462 e. The number of unbranched alkanes of at least 4 members (excludes halogenated alkanes) is 34. The van der Waals surface area contributed by atoms with Crippen LogP contribution in [0.5, 0.6) is 0 Å². The molecule has 0 aliphatic rings. The largest absolute Gasteiger partial charge is 0.462 e. The zero-order chi connectivity index (χ0) is 47.7. The minimum absolute atomic E-state index is 0.0637. The first-order valence-corrected chi connectivity index (χ1v) is 29.1. The Labute approximate surface area is 406 Å². The summed E-state index contributed by atoms with van der Waals surface area (Å²) in [4.78, 5) is 38.1. The molecule has 0 aromatic heterocycles. The van der Waals surface area contributed by atoms with Gasteiger partial charge in [0, 0.05) is 19.3 Å². The summed E-state index contributed by atoms with van der Waals surface area (Å²) < 4.78 is 16.9. The lowest BCUT2D eigenvalue weighted by Crippen LogP contribution is -2.30. The summed E-state index contributed by atoms with van der Waals surface area (Å²) >= 11 is 0. The lowest BCUT2D eigenvalue weighted by Gasteiger charge is -2.18. The van der Waals surface area contributed by atoms with E-state index >= 15 is 0 Å². The highest BCUT2D eigenvalue weighted by Gasteiger charge is 2.19. The van der Waals surface area contributed by atoms with Crippen molar-refractivity contribution in [2.24, 2.45) is 17.8 Å². The molecule has 0 radical (unpaired) electrons. The normalized spacial score (nSPS) is 12.6. The average Bonchev–Trinajstić information content (AvgIpc) is 3.28. The van der Waals surface area contributed by atoms with Gasteiger partial charge in [-0.25, -0.2) is 0 Å². The molecule has 2 atom stereocenters. The van der Waals surface area contributed by atoms with Crippen LogP contribution in [-0.4, -0.2) is 37.2 Å². The van der Waals surface area contributed by atoms with Crippen LogP contribution in [-0.2, 0) is 28.6 Å². The van der Waals surface area contributed by atoms with Crippen molar-refractivity contribution in [3.05, 3.63) is 0 Å². The van der Waals surface area contributed by atoms with E-state index in [0.717, 1.165) is 75.5 Å². The van der Waals surface area contributed by atoms with Crippen molar-refractivity contribution < 1.29 is 28.6 Å². The molecule has 0 amide bonds. The molecule has 6 nitrogen and oxygen atoms in total. The van der Waals surface area contributed by atoms with E-state index in [1.807, 2.05) is 0 Å². The van der Waals surface area contributed by atoms with Crippen LogP contribution in [0, 0.1) is 17.8 Å². The van der Waals surface area contributed by atoms with Crippen molar-refractivity contribution in [1.82, 2.24) is 0 Å². The monoisotopic (exact) mass is 919 g/mol. The third kappa shape index (κ3) is 51.6. The van der Waals surface area contributed by atoms with Crippen molar-refractivity contribution in [1.29, 1.82) is 0 Å². The summed E-state index contributed by atoms with van der Waals surface area (Å²) in [6.07, 6.45) is 52.3. The first-order valence-electron chi connectivity index (χ1n) is 29.1. The van der Waals surface area contributed by atoms with Crippen LogP contribution in [0.1, 0.15) is 324 Å². The number of hydrogen-bond donors (Lipinski definition) is 0. The first kappa shape index (κ1) is 63.4. The van der Waals surface area contributed by atoms with Crippen LogP contribution < -0.4 is 0 Å².